The number of unbranched alkanes of at least 4 members (excludes halogenated alkanes) is 1. The van der Waals surface area contributed by atoms with Crippen LogP contribution >= 0.6 is 15.9 Å². The number of aliphatic imine (C=N–C) groups is 2. The standard InChI is InChI=1S/C17H29BrN2/c1-7-9-10-15(8-2)17(11-13(3)4)20-14(5)16(18)12-19-6/h11-12,15H,7-10H2,1-6H3/b16-14-,19-12?,20-17?. The van der Waals surface area contributed by atoms with Crippen molar-refractivity contribution in [3.05, 3.63) is 21.8 Å². The molecule has 0 bridgehead atoms. The van der Waals surface area contributed by atoms with Gasteiger partial charge < -0.3 is 0 Å². The lowest BCUT2D eigenvalue weighted by atomic mass is 9.93. The molecule has 0 saturated carbocycles. The quantitative estimate of drug-likeness (QED) is 0.488. The van der Waals surface area contributed by atoms with E-state index in [-0.39, 0.29) is 0 Å². The van der Waals surface area contributed by atoms with Gasteiger partial charge >= 0.3 is 0 Å². The Morgan fingerprint density at radius 2 is 1.85 bits per heavy atom. The molecular weight excluding hydrogens is 312 g/mol. The van der Waals surface area contributed by atoms with Gasteiger partial charge in [0.25, 0.3) is 0 Å². The molecule has 0 aromatic heterocycles. The van der Waals surface area contributed by atoms with Crippen LogP contribution in [-0.4, -0.2) is 19.0 Å². The lowest BCUT2D eigenvalue weighted by molar-refractivity contribution is 0.569. The van der Waals surface area contributed by atoms with Gasteiger partial charge in [0.1, 0.15) is 0 Å². The third-order valence-electron chi connectivity index (χ3n) is 3.14. The molecule has 3 heteroatoms. The fraction of sp³-hybridized carbons (Fsp3) is 0.647. The Labute approximate surface area is 133 Å². The van der Waals surface area contributed by atoms with Crippen molar-refractivity contribution in [2.45, 2.75) is 60.3 Å². The highest BCUT2D eigenvalue weighted by molar-refractivity contribution is 9.12. The number of allylic oxidation sites excluding steroid dienone is 4. The third-order valence-corrected chi connectivity index (χ3v) is 3.92. The van der Waals surface area contributed by atoms with Gasteiger partial charge in [0.2, 0.25) is 0 Å². The van der Waals surface area contributed by atoms with Crippen molar-refractivity contribution in [2.24, 2.45) is 15.9 Å². The molecule has 0 amide bonds. The van der Waals surface area contributed by atoms with Crippen LogP contribution in [0, 0.1) is 5.92 Å². The van der Waals surface area contributed by atoms with Crippen molar-refractivity contribution < 1.29 is 0 Å². The second-order valence-corrected chi connectivity index (χ2v) is 6.18. The molecule has 0 spiro atoms. The molecule has 1 atom stereocenters. The summed E-state index contributed by atoms with van der Waals surface area (Å²) in [5.74, 6) is 0.540. The Morgan fingerprint density at radius 1 is 1.20 bits per heavy atom. The largest absolute Gasteiger partial charge is 0.295 e. The molecule has 0 aliphatic rings. The maximum absolute atomic E-state index is 4.84. The lowest BCUT2D eigenvalue weighted by Gasteiger charge is -2.16. The highest BCUT2D eigenvalue weighted by Crippen LogP contribution is 2.20. The van der Waals surface area contributed by atoms with Gasteiger partial charge in [-0.2, -0.15) is 0 Å². The van der Waals surface area contributed by atoms with Crippen LogP contribution < -0.4 is 0 Å². The van der Waals surface area contributed by atoms with E-state index in [1.165, 1.54) is 30.5 Å². The second-order valence-electron chi connectivity index (χ2n) is 5.33. The van der Waals surface area contributed by atoms with E-state index >= 15 is 0 Å². The second kappa shape index (κ2) is 11.0. The van der Waals surface area contributed by atoms with Gasteiger partial charge in [0.15, 0.2) is 0 Å². The zero-order valence-corrected chi connectivity index (χ0v) is 15.4. The molecular formula is C17H29BrN2. The summed E-state index contributed by atoms with van der Waals surface area (Å²) in [6.45, 7) is 10.8. The van der Waals surface area contributed by atoms with E-state index in [4.69, 9.17) is 4.99 Å². The van der Waals surface area contributed by atoms with E-state index in [1.807, 2.05) is 6.92 Å². The highest BCUT2D eigenvalue weighted by atomic mass is 79.9. The summed E-state index contributed by atoms with van der Waals surface area (Å²) < 4.78 is 0.949. The topological polar surface area (TPSA) is 24.7 Å². The van der Waals surface area contributed by atoms with Crippen LogP contribution in [-0.2, 0) is 0 Å². The van der Waals surface area contributed by atoms with E-state index in [9.17, 15) is 0 Å². The van der Waals surface area contributed by atoms with Gasteiger partial charge in [-0.25, -0.2) is 0 Å². The maximum Gasteiger partial charge on any atom is 0.0565 e. The molecule has 0 rings (SSSR count). The predicted octanol–water partition coefficient (Wildman–Crippen LogP) is 5.94. The molecule has 0 N–H and O–H groups in total. The summed E-state index contributed by atoms with van der Waals surface area (Å²) in [5, 5.41) is 0. The number of hydrogen-bond donors (Lipinski definition) is 0. The van der Waals surface area contributed by atoms with E-state index in [0.717, 1.165) is 16.6 Å². The first kappa shape index (κ1) is 19.3. The van der Waals surface area contributed by atoms with Crippen LogP contribution in [0.15, 0.2) is 31.8 Å². The Bertz CT molecular complexity index is 399. The molecule has 20 heavy (non-hydrogen) atoms. The summed E-state index contributed by atoms with van der Waals surface area (Å²) in [6.07, 6.45) is 8.86. The van der Waals surface area contributed by atoms with Crippen LogP contribution in [0.25, 0.3) is 0 Å². The van der Waals surface area contributed by atoms with E-state index in [1.54, 1.807) is 13.3 Å². The summed E-state index contributed by atoms with van der Waals surface area (Å²) in [7, 11) is 1.77. The Balaban J connectivity index is 5.43. The molecule has 1 unspecified atom stereocenters. The van der Waals surface area contributed by atoms with Gasteiger partial charge in [-0.3, -0.25) is 9.98 Å². The third kappa shape index (κ3) is 7.78. The summed E-state index contributed by atoms with van der Waals surface area (Å²) in [5.41, 5.74) is 3.48. The number of halogens is 1. The minimum atomic E-state index is 0.540. The van der Waals surface area contributed by atoms with Crippen LogP contribution in [0.4, 0.5) is 0 Å². The van der Waals surface area contributed by atoms with E-state index < -0.39 is 0 Å². The molecule has 0 heterocycles. The molecule has 2 nitrogen and oxygen atoms in total. The highest BCUT2D eigenvalue weighted by Gasteiger charge is 2.12. The Kier molecular flexibility index (Phi) is 10.6. The minimum Gasteiger partial charge on any atom is -0.295 e. The fourth-order valence-electron chi connectivity index (χ4n) is 2.00. The SMILES string of the molecule is CCCCC(CC)C(C=C(C)C)=N/C(C)=C(\Br)C=NC. The summed E-state index contributed by atoms with van der Waals surface area (Å²) >= 11 is 3.52. The van der Waals surface area contributed by atoms with Crippen LogP contribution in [0.5, 0.6) is 0 Å². The van der Waals surface area contributed by atoms with Crippen molar-refractivity contribution in [3.63, 3.8) is 0 Å². The first-order chi connectivity index (χ1) is 9.46. The van der Waals surface area contributed by atoms with Gasteiger partial charge in [0, 0.05) is 24.9 Å². The molecule has 0 aliphatic carbocycles. The maximum atomic E-state index is 4.84. The molecule has 0 fully saturated rings. The Morgan fingerprint density at radius 3 is 2.30 bits per heavy atom. The van der Waals surface area contributed by atoms with Gasteiger partial charge in [-0.05, 0) is 55.6 Å². The average molecular weight is 341 g/mol. The molecule has 0 saturated heterocycles. The zero-order valence-electron chi connectivity index (χ0n) is 13.8. The van der Waals surface area contributed by atoms with E-state index in [0.29, 0.717) is 5.92 Å². The minimum absolute atomic E-state index is 0.540. The van der Waals surface area contributed by atoms with Crippen molar-refractivity contribution in [2.75, 3.05) is 7.05 Å². The van der Waals surface area contributed by atoms with Crippen molar-refractivity contribution >= 4 is 27.9 Å². The number of rotatable bonds is 8. The molecule has 114 valence electrons. The summed E-state index contributed by atoms with van der Waals surface area (Å²) in [4.78, 5) is 8.87. The van der Waals surface area contributed by atoms with Gasteiger partial charge in [0.05, 0.1) is 10.2 Å². The Hall–Kier alpha value is -0.700. The van der Waals surface area contributed by atoms with Crippen LogP contribution in [0.2, 0.25) is 0 Å². The normalized spacial score (nSPS) is 15.2. The number of hydrogen-bond acceptors (Lipinski definition) is 2. The van der Waals surface area contributed by atoms with Gasteiger partial charge in [-0.1, -0.05) is 32.3 Å². The smallest absolute Gasteiger partial charge is 0.0565 e. The molecule has 0 aromatic carbocycles. The molecule has 0 aliphatic heterocycles. The van der Waals surface area contributed by atoms with Crippen molar-refractivity contribution in [1.82, 2.24) is 0 Å². The van der Waals surface area contributed by atoms with Gasteiger partial charge in [-0.15, -0.1) is 0 Å². The molecule has 0 radical (unpaired) electrons. The fourth-order valence-corrected chi connectivity index (χ4v) is 2.30. The lowest BCUT2D eigenvalue weighted by Crippen LogP contribution is -2.12. The number of nitrogens with zero attached hydrogens (tertiary/aromatic N) is 2. The monoisotopic (exact) mass is 340 g/mol. The van der Waals surface area contributed by atoms with E-state index in [2.05, 4.69) is 54.7 Å². The van der Waals surface area contributed by atoms with Crippen molar-refractivity contribution in [1.29, 1.82) is 0 Å². The molecule has 0 aromatic rings. The first-order valence-corrected chi connectivity index (χ1v) is 8.27. The average Bonchev–Trinajstić information content (AvgIpc) is 2.38. The van der Waals surface area contributed by atoms with Crippen molar-refractivity contribution in [3.8, 4) is 0 Å². The van der Waals surface area contributed by atoms with Crippen LogP contribution in [0.1, 0.15) is 60.3 Å². The van der Waals surface area contributed by atoms with Crippen LogP contribution in [0.3, 0.4) is 0 Å². The zero-order chi connectivity index (χ0) is 15.5. The summed E-state index contributed by atoms with van der Waals surface area (Å²) in [6, 6.07) is 0. The predicted molar refractivity (Wildman–Crippen MR) is 96.2 cm³/mol. The first-order valence-electron chi connectivity index (χ1n) is 7.48.